The van der Waals surface area contributed by atoms with E-state index in [1.165, 1.54) is 16.4 Å². The maximum absolute atomic E-state index is 11.5. The SMILES string of the molecule is CC(C)(C)[Si](OCC[C@@H]1CC=CC(=O)O1)(c1ccccc1)c1ccccc1. The highest BCUT2D eigenvalue weighted by molar-refractivity contribution is 6.99. The van der Waals surface area contributed by atoms with Gasteiger partial charge in [-0.15, -0.1) is 0 Å². The van der Waals surface area contributed by atoms with Crippen molar-refractivity contribution in [2.45, 2.75) is 44.8 Å². The summed E-state index contributed by atoms with van der Waals surface area (Å²) in [7, 11) is -2.51. The van der Waals surface area contributed by atoms with Crippen LogP contribution in [0.3, 0.4) is 0 Å². The zero-order valence-electron chi connectivity index (χ0n) is 16.4. The minimum absolute atomic E-state index is 0.0428. The molecule has 2 aromatic carbocycles. The predicted molar refractivity (Wildman–Crippen MR) is 112 cm³/mol. The number of esters is 1. The number of benzene rings is 2. The topological polar surface area (TPSA) is 35.5 Å². The van der Waals surface area contributed by atoms with Crippen molar-refractivity contribution < 1.29 is 14.0 Å². The molecule has 0 N–H and O–H groups in total. The molecule has 1 aliphatic heterocycles. The van der Waals surface area contributed by atoms with E-state index in [4.69, 9.17) is 9.16 Å². The molecule has 142 valence electrons. The summed E-state index contributed by atoms with van der Waals surface area (Å²) in [6, 6.07) is 21.2. The van der Waals surface area contributed by atoms with Crippen molar-refractivity contribution in [2.75, 3.05) is 6.61 Å². The summed E-state index contributed by atoms with van der Waals surface area (Å²) in [6.45, 7) is 7.37. The van der Waals surface area contributed by atoms with Crippen molar-refractivity contribution in [1.29, 1.82) is 0 Å². The maximum Gasteiger partial charge on any atom is 0.330 e. The van der Waals surface area contributed by atoms with Crippen molar-refractivity contribution in [3.63, 3.8) is 0 Å². The summed E-state index contributed by atoms with van der Waals surface area (Å²) in [6.07, 6.45) is 4.76. The van der Waals surface area contributed by atoms with E-state index in [0.717, 1.165) is 6.42 Å². The predicted octanol–water partition coefficient (Wildman–Crippen LogP) is 3.82. The van der Waals surface area contributed by atoms with Crippen LogP contribution >= 0.6 is 0 Å². The van der Waals surface area contributed by atoms with Gasteiger partial charge in [0.25, 0.3) is 8.32 Å². The Kier molecular flexibility index (Phi) is 5.97. The molecule has 0 spiro atoms. The van der Waals surface area contributed by atoms with Crippen molar-refractivity contribution in [3.8, 4) is 0 Å². The largest absolute Gasteiger partial charge is 0.459 e. The van der Waals surface area contributed by atoms with Crippen LogP contribution in [0.25, 0.3) is 0 Å². The number of ether oxygens (including phenoxy) is 1. The lowest BCUT2D eigenvalue weighted by atomic mass is 10.1. The lowest BCUT2D eigenvalue weighted by molar-refractivity contribution is -0.144. The van der Waals surface area contributed by atoms with Crippen LogP contribution in [0.15, 0.2) is 72.8 Å². The van der Waals surface area contributed by atoms with E-state index >= 15 is 0 Å². The highest BCUT2D eigenvalue weighted by Gasteiger charge is 2.50. The van der Waals surface area contributed by atoms with Gasteiger partial charge in [0, 0.05) is 25.5 Å². The molecule has 0 saturated heterocycles. The molecule has 0 aromatic heterocycles. The van der Waals surface area contributed by atoms with Crippen LogP contribution < -0.4 is 10.4 Å². The molecule has 0 aliphatic carbocycles. The summed E-state index contributed by atoms with van der Waals surface area (Å²) >= 11 is 0. The van der Waals surface area contributed by atoms with Gasteiger partial charge in [0.2, 0.25) is 0 Å². The van der Waals surface area contributed by atoms with Gasteiger partial charge in [0.05, 0.1) is 0 Å². The van der Waals surface area contributed by atoms with Crippen molar-refractivity contribution in [3.05, 3.63) is 72.8 Å². The van der Waals surface area contributed by atoms with Gasteiger partial charge in [-0.25, -0.2) is 4.79 Å². The second-order valence-corrected chi connectivity index (χ2v) is 12.3. The van der Waals surface area contributed by atoms with E-state index < -0.39 is 8.32 Å². The third-order valence-electron chi connectivity index (χ3n) is 5.11. The molecule has 0 unspecified atom stereocenters. The minimum Gasteiger partial charge on any atom is -0.459 e. The molecule has 1 heterocycles. The van der Waals surface area contributed by atoms with Crippen LogP contribution in [0.2, 0.25) is 5.04 Å². The van der Waals surface area contributed by atoms with Crippen LogP contribution in [0.4, 0.5) is 0 Å². The first-order valence-corrected chi connectivity index (χ1v) is 11.5. The third-order valence-corrected chi connectivity index (χ3v) is 10.2. The molecule has 4 heteroatoms. The van der Waals surface area contributed by atoms with Crippen LogP contribution in [-0.4, -0.2) is 27.0 Å². The van der Waals surface area contributed by atoms with E-state index in [-0.39, 0.29) is 17.1 Å². The zero-order valence-corrected chi connectivity index (χ0v) is 17.4. The van der Waals surface area contributed by atoms with Gasteiger partial charge in [-0.05, 0) is 15.4 Å². The zero-order chi connectivity index (χ0) is 19.3. The molecule has 2 aromatic rings. The van der Waals surface area contributed by atoms with Crippen LogP contribution in [0.1, 0.15) is 33.6 Å². The molecule has 0 fully saturated rings. The fourth-order valence-corrected chi connectivity index (χ4v) is 8.43. The first-order valence-electron chi connectivity index (χ1n) is 9.55. The first-order chi connectivity index (χ1) is 12.9. The number of hydrogen-bond acceptors (Lipinski definition) is 3. The fraction of sp³-hybridized carbons (Fsp3) is 0.348. The number of hydrogen-bond donors (Lipinski definition) is 0. The fourth-order valence-electron chi connectivity index (χ4n) is 3.85. The monoisotopic (exact) mass is 380 g/mol. The third kappa shape index (κ3) is 4.23. The summed E-state index contributed by atoms with van der Waals surface area (Å²) in [5.41, 5.74) is 0. The Balaban J connectivity index is 1.92. The highest BCUT2D eigenvalue weighted by Crippen LogP contribution is 2.36. The number of carbonyl (C=O) groups excluding carboxylic acids is 1. The molecule has 1 atom stereocenters. The lowest BCUT2D eigenvalue weighted by Crippen LogP contribution is -2.66. The van der Waals surface area contributed by atoms with E-state index in [0.29, 0.717) is 13.0 Å². The van der Waals surface area contributed by atoms with E-state index in [2.05, 4.69) is 69.3 Å². The Morgan fingerprint density at radius 1 is 1.00 bits per heavy atom. The van der Waals surface area contributed by atoms with E-state index in [1.807, 2.05) is 18.2 Å². The Morgan fingerprint density at radius 2 is 1.56 bits per heavy atom. The van der Waals surface area contributed by atoms with Crippen molar-refractivity contribution in [1.82, 2.24) is 0 Å². The van der Waals surface area contributed by atoms with Crippen molar-refractivity contribution in [2.24, 2.45) is 0 Å². The van der Waals surface area contributed by atoms with E-state index in [9.17, 15) is 4.79 Å². The lowest BCUT2D eigenvalue weighted by Gasteiger charge is -2.43. The number of carbonyl (C=O) groups is 1. The van der Waals surface area contributed by atoms with Crippen LogP contribution in [0, 0.1) is 0 Å². The second-order valence-electron chi connectivity index (χ2n) is 8.00. The Bertz CT molecular complexity index is 739. The molecule has 27 heavy (non-hydrogen) atoms. The number of cyclic esters (lactones) is 1. The number of rotatable bonds is 6. The molecular weight excluding hydrogens is 352 g/mol. The molecule has 0 amide bonds. The normalized spacial score (nSPS) is 17.6. The van der Waals surface area contributed by atoms with Crippen molar-refractivity contribution >= 4 is 24.7 Å². The highest BCUT2D eigenvalue weighted by atomic mass is 28.4. The average molecular weight is 381 g/mol. The maximum atomic E-state index is 11.5. The van der Waals surface area contributed by atoms with E-state index in [1.54, 1.807) is 0 Å². The summed E-state index contributed by atoms with van der Waals surface area (Å²) < 4.78 is 12.2. The molecule has 3 rings (SSSR count). The van der Waals surface area contributed by atoms with Gasteiger partial charge in [-0.3, -0.25) is 0 Å². The van der Waals surface area contributed by atoms with Gasteiger partial charge in [-0.1, -0.05) is 87.5 Å². The van der Waals surface area contributed by atoms with Gasteiger partial charge < -0.3 is 9.16 Å². The first kappa shape index (κ1) is 19.6. The smallest absolute Gasteiger partial charge is 0.330 e. The molecule has 0 saturated carbocycles. The Hall–Kier alpha value is -2.17. The minimum atomic E-state index is -2.51. The van der Waals surface area contributed by atoms with Crippen LogP contribution in [0.5, 0.6) is 0 Å². The molecule has 0 bridgehead atoms. The average Bonchev–Trinajstić information content (AvgIpc) is 2.66. The molecule has 3 nitrogen and oxygen atoms in total. The summed E-state index contributed by atoms with van der Waals surface area (Å²) in [4.78, 5) is 11.5. The second kappa shape index (κ2) is 8.24. The Labute approximate surface area is 163 Å². The molecule has 1 aliphatic rings. The Morgan fingerprint density at radius 3 is 2.04 bits per heavy atom. The van der Waals surface area contributed by atoms with Crippen LogP contribution in [-0.2, 0) is 14.0 Å². The quantitative estimate of drug-likeness (QED) is 0.564. The summed E-state index contributed by atoms with van der Waals surface area (Å²) in [5, 5.41) is 2.49. The molecular formula is C23H28O3Si. The molecule has 0 radical (unpaired) electrons. The summed E-state index contributed by atoms with van der Waals surface area (Å²) in [5.74, 6) is -0.253. The van der Waals surface area contributed by atoms with Gasteiger partial charge in [0.15, 0.2) is 0 Å². The van der Waals surface area contributed by atoms with Gasteiger partial charge >= 0.3 is 5.97 Å². The van der Waals surface area contributed by atoms with Gasteiger partial charge in [-0.2, -0.15) is 0 Å². The standard InChI is InChI=1S/C23H28O3Si/c1-23(2,3)27(20-12-6-4-7-13-20,21-14-8-5-9-15-21)25-18-17-19-11-10-16-22(24)26-19/h4-10,12-16,19H,11,17-18H2,1-3H3/t19-/m0/s1. The van der Waals surface area contributed by atoms with Gasteiger partial charge in [0.1, 0.15) is 6.10 Å².